The van der Waals surface area contributed by atoms with E-state index < -0.39 is 12.2 Å². The summed E-state index contributed by atoms with van der Waals surface area (Å²) >= 11 is 0. The Bertz CT molecular complexity index is 1570. The van der Waals surface area contributed by atoms with E-state index in [4.69, 9.17) is 15.2 Å². The van der Waals surface area contributed by atoms with Crippen molar-refractivity contribution in [3.63, 3.8) is 0 Å². The molecule has 4 aromatic rings. The van der Waals surface area contributed by atoms with Gasteiger partial charge in [0.1, 0.15) is 18.5 Å². The number of hydrogen-bond donors (Lipinski definition) is 2. The van der Waals surface area contributed by atoms with Crippen LogP contribution in [0.25, 0.3) is 0 Å². The molecule has 1 aliphatic heterocycles. The van der Waals surface area contributed by atoms with Crippen LogP contribution in [0.4, 0.5) is 4.79 Å². The lowest BCUT2D eigenvalue weighted by Gasteiger charge is -2.40. The lowest BCUT2D eigenvalue weighted by atomic mass is 10.1. The maximum Gasteiger partial charge on any atom is 0.435 e. The lowest BCUT2D eigenvalue weighted by molar-refractivity contribution is -0.181. The first kappa shape index (κ1) is 32.1. The number of amides is 3. The van der Waals surface area contributed by atoms with Gasteiger partial charge in [-0.3, -0.25) is 14.6 Å². The second-order valence-corrected chi connectivity index (χ2v) is 10.8. The zero-order chi connectivity index (χ0) is 32.1. The van der Waals surface area contributed by atoms with E-state index in [1.54, 1.807) is 29.3 Å². The van der Waals surface area contributed by atoms with Crippen LogP contribution in [0.3, 0.4) is 0 Å². The van der Waals surface area contributed by atoms with Gasteiger partial charge in [-0.25, -0.2) is 9.80 Å². The van der Waals surface area contributed by atoms with Crippen molar-refractivity contribution in [3.05, 3.63) is 143 Å². The number of morpholine rings is 1. The predicted molar refractivity (Wildman–Crippen MR) is 174 cm³/mol. The summed E-state index contributed by atoms with van der Waals surface area (Å²) in [7, 11) is 0. The second kappa shape index (κ2) is 16.1. The summed E-state index contributed by atoms with van der Waals surface area (Å²) in [5, 5.41) is 6.59. The maximum atomic E-state index is 13.6. The molecule has 1 atom stereocenters. The molecule has 1 fully saturated rings. The Hall–Kier alpha value is -5.32. The number of carbonyl (C=O) groups is 3. The normalized spacial score (nSPS) is 15.1. The van der Waals surface area contributed by atoms with Gasteiger partial charge in [0.05, 0.1) is 19.6 Å². The summed E-state index contributed by atoms with van der Waals surface area (Å²) in [4.78, 5) is 42.3. The van der Waals surface area contributed by atoms with Crippen molar-refractivity contribution in [3.8, 4) is 0 Å². The minimum Gasteiger partial charge on any atom is -0.443 e. The smallest absolute Gasteiger partial charge is 0.435 e. The number of rotatable bonds is 12. The third-order valence-corrected chi connectivity index (χ3v) is 7.44. The molecular formula is C36H37N5O5. The molecule has 0 aliphatic carbocycles. The molecule has 1 saturated heterocycles. The standard InChI is InChI=1S/C36H37N5O5/c37-34(39-36(44)46-26-30-14-8-3-9-15-30)31-18-16-27(17-19-31)23-38-33(42)22-32-35(43)41(20-21-45-32)40(24-28-10-4-1-5-11-28)25-29-12-6-2-7-13-29/h1-19,32H,20-26H2,(H,38,42)(H2,37,39,44)/t32-/m0/s1. The summed E-state index contributed by atoms with van der Waals surface area (Å²) in [5.74, 6) is -0.515. The van der Waals surface area contributed by atoms with E-state index >= 15 is 0 Å². The van der Waals surface area contributed by atoms with Gasteiger partial charge in [0.2, 0.25) is 5.91 Å². The Morgan fingerprint density at radius 1 is 0.826 bits per heavy atom. The van der Waals surface area contributed by atoms with E-state index in [9.17, 15) is 14.4 Å². The fraction of sp³-hybridized carbons (Fsp3) is 0.222. The van der Waals surface area contributed by atoms with E-state index in [2.05, 4.69) is 10.3 Å². The molecule has 3 amide bonds. The molecule has 1 aliphatic rings. The van der Waals surface area contributed by atoms with E-state index in [1.807, 2.05) is 96.0 Å². The second-order valence-electron chi connectivity index (χ2n) is 10.8. The average molecular weight is 620 g/mol. The minimum absolute atomic E-state index is 0.0275. The summed E-state index contributed by atoms with van der Waals surface area (Å²) in [6, 6.07) is 36.2. The third kappa shape index (κ3) is 9.34. The van der Waals surface area contributed by atoms with Crippen LogP contribution in [0, 0.1) is 0 Å². The minimum atomic E-state index is -0.886. The van der Waals surface area contributed by atoms with Crippen molar-refractivity contribution in [1.82, 2.24) is 15.3 Å². The highest BCUT2D eigenvalue weighted by molar-refractivity contribution is 6.02. The highest BCUT2D eigenvalue weighted by Crippen LogP contribution is 2.19. The molecule has 4 aromatic carbocycles. The summed E-state index contributed by atoms with van der Waals surface area (Å²) in [6.07, 6.45) is -1.76. The quantitative estimate of drug-likeness (QED) is 0.176. The summed E-state index contributed by atoms with van der Waals surface area (Å²) in [6.45, 7) is 2.16. The third-order valence-electron chi connectivity index (χ3n) is 7.44. The van der Waals surface area contributed by atoms with Crippen LogP contribution in [0.5, 0.6) is 0 Å². The zero-order valence-electron chi connectivity index (χ0n) is 25.5. The van der Waals surface area contributed by atoms with E-state index in [0.29, 0.717) is 31.8 Å². The molecule has 10 nitrogen and oxygen atoms in total. The van der Waals surface area contributed by atoms with E-state index in [0.717, 1.165) is 22.3 Å². The van der Waals surface area contributed by atoms with Crippen LogP contribution >= 0.6 is 0 Å². The Kier molecular flexibility index (Phi) is 11.2. The first-order valence-electron chi connectivity index (χ1n) is 15.1. The van der Waals surface area contributed by atoms with Gasteiger partial charge in [-0.15, -0.1) is 0 Å². The van der Waals surface area contributed by atoms with Crippen molar-refractivity contribution >= 4 is 23.7 Å². The number of nitrogens with one attached hydrogen (secondary N) is 1. The fourth-order valence-corrected chi connectivity index (χ4v) is 5.02. The van der Waals surface area contributed by atoms with E-state index in [1.165, 1.54) is 0 Å². The average Bonchev–Trinajstić information content (AvgIpc) is 3.09. The van der Waals surface area contributed by atoms with Gasteiger partial charge in [-0.1, -0.05) is 115 Å². The maximum absolute atomic E-state index is 13.6. The van der Waals surface area contributed by atoms with Crippen LogP contribution in [-0.4, -0.2) is 53.0 Å². The number of nitrogens with zero attached hydrogens (tertiary/aromatic N) is 3. The molecule has 0 saturated carbocycles. The van der Waals surface area contributed by atoms with Gasteiger partial charge >= 0.3 is 6.09 Å². The van der Waals surface area contributed by atoms with Gasteiger partial charge in [0.15, 0.2) is 0 Å². The number of benzene rings is 4. The Labute approximate surface area is 268 Å². The first-order valence-corrected chi connectivity index (χ1v) is 15.1. The summed E-state index contributed by atoms with van der Waals surface area (Å²) < 4.78 is 10.9. The number of ether oxygens (including phenoxy) is 2. The molecule has 236 valence electrons. The summed E-state index contributed by atoms with van der Waals surface area (Å²) in [5.41, 5.74) is 10.4. The molecule has 10 heteroatoms. The van der Waals surface area contributed by atoms with Crippen molar-refractivity contribution in [2.24, 2.45) is 10.7 Å². The van der Waals surface area contributed by atoms with Crippen LogP contribution < -0.4 is 11.1 Å². The van der Waals surface area contributed by atoms with Gasteiger partial charge in [-0.05, 0) is 22.3 Å². The Morgan fingerprint density at radius 2 is 1.39 bits per heavy atom. The van der Waals surface area contributed by atoms with Gasteiger partial charge in [0, 0.05) is 25.2 Å². The highest BCUT2D eigenvalue weighted by atomic mass is 16.5. The van der Waals surface area contributed by atoms with Crippen LogP contribution in [0.2, 0.25) is 0 Å². The first-order chi connectivity index (χ1) is 22.4. The monoisotopic (exact) mass is 619 g/mol. The molecule has 0 aromatic heterocycles. The lowest BCUT2D eigenvalue weighted by Crippen LogP contribution is -2.56. The highest BCUT2D eigenvalue weighted by Gasteiger charge is 2.34. The van der Waals surface area contributed by atoms with Crippen molar-refractivity contribution in [2.45, 2.75) is 38.8 Å². The molecule has 1 heterocycles. The van der Waals surface area contributed by atoms with E-state index in [-0.39, 0.29) is 37.2 Å². The van der Waals surface area contributed by atoms with Gasteiger partial charge < -0.3 is 20.5 Å². The van der Waals surface area contributed by atoms with Crippen LogP contribution in [0.1, 0.15) is 34.2 Å². The van der Waals surface area contributed by atoms with Crippen LogP contribution in [-0.2, 0) is 45.3 Å². The molecule has 3 N–H and O–H groups in total. The van der Waals surface area contributed by atoms with Crippen LogP contribution in [0.15, 0.2) is 120 Å². The topological polar surface area (TPSA) is 127 Å². The molecule has 0 bridgehead atoms. The Morgan fingerprint density at radius 3 is 1.98 bits per heavy atom. The number of carbonyl (C=O) groups excluding carboxylic acids is 3. The number of hydrazine groups is 1. The number of nitrogens with two attached hydrogens (primary N) is 1. The molecule has 5 rings (SSSR count). The molecular weight excluding hydrogens is 582 g/mol. The molecule has 0 unspecified atom stereocenters. The predicted octanol–water partition coefficient (Wildman–Crippen LogP) is 4.58. The Balaban J connectivity index is 1.13. The molecule has 0 radical (unpaired) electrons. The molecule has 0 spiro atoms. The fourth-order valence-electron chi connectivity index (χ4n) is 5.02. The van der Waals surface area contributed by atoms with Crippen molar-refractivity contribution < 1.29 is 23.9 Å². The van der Waals surface area contributed by atoms with Gasteiger partial charge in [-0.2, -0.15) is 4.99 Å². The van der Waals surface area contributed by atoms with Crippen molar-refractivity contribution in [1.29, 1.82) is 0 Å². The van der Waals surface area contributed by atoms with Crippen molar-refractivity contribution in [2.75, 3.05) is 13.2 Å². The number of aliphatic imine (C=N–C) groups is 1. The largest absolute Gasteiger partial charge is 0.443 e. The number of hydrogen-bond acceptors (Lipinski definition) is 6. The number of amidine groups is 1. The molecule has 46 heavy (non-hydrogen) atoms. The zero-order valence-corrected chi connectivity index (χ0v) is 25.5. The van der Waals surface area contributed by atoms with Gasteiger partial charge in [0.25, 0.3) is 5.91 Å². The SMILES string of the molecule is N/C(=N\C(=O)OCc1ccccc1)c1ccc(CNC(=O)C[C@@H]2OCCN(N(Cc3ccccc3)Cc3ccccc3)C2=O)cc1.